The van der Waals surface area contributed by atoms with Crippen molar-refractivity contribution >= 4 is 34.1 Å². The van der Waals surface area contributed by atoms with Crippen molar-refractivity contribution in [3.8, 4) is 0 Å². The average molecular weight is 256 g/mol. The molecule has 1 N–H and O–H groups in total. The Labute approximate surface area is 104 Å². The third-order valence-electron chi connectivity index (χ3n) is 2.47. The molecule has 4 heteroatoms. The zero-order valence-corrected chi connectivity index (χ0v) is 10.5. The monoisotopic (exact) mass is 255 g/mol. The van der Waals surface area contributed by atoms with Crippen molar-refractivity contribution in [1.29, 1.82) is 0 Å². The highest BCUT2D eigenvalue weighted by Gasteiger charge is 2.10. The van der Waals surface area contributed by atoms with E-state index in [4.69, 9.17) is 23.2 Å². The van der Waals surface area contributed by atoms with Crippen molar-refractivity contribution in [2.75, 3.05) is 0 Å². The lowest BCUT2D eigenvalue weighted by molar-refractivity contribution is 0.194. The second kappa shape index (κ2) is 4.21. The molecule has 1 unspecified atom stereocenters. The smallest absolute Gasteiger partial charge is 0.0932 e. The van der Waals surface area contributed by atoms with Gasteiger partial charge in [0.15, 0.2) is 0 Å². The van der Waals surface area contributed by atoms with Gasteiger partial charge in [-0.3, -0.25) is 0 Å². The zero-order chi connectivity index (χ0) is 11.9. The molecule has 0 bridgehead atoms. The largest absolute Gasteiger partial charge is 0.387 e. The number of pyridine rings is 1. The first-order valence-electron chi connectivity index (χ1n) is 4.93. The summed E-state index contributed by atoms with van der Waals surface area (Å²) in [5.74, 6) is 0. The van der Waals surface area contributed by atoms with E-state index < -0.39 is 6.10 Å². The Bertz CT molecular complexity index is 552. The Kier molecular flexibility index (Phi) is 3.06. The minimum atomic E-state index is -0.596. The molecular weight excluding hydrogens is 245 g/mol. The standard InChI is InChI=1S/C12H11Cl2NO/c1-6-3-10(7(2)16)15-11-5-8(13)4-9(14)12(6)11/h3-5,7,16H,1-2H3. The molecule has 0 saturated heterocycles. The fourth-order valence-electron chi connectivity index (χ4n) is 1.72. The quantitative estimate of drug-likeness (QED) is 0.839. The van der Waals surface area contributed by atoms with Gasteiger partial charge >= 0.3 is 0 Å². The van der Waals surface area contributed by atoms with E-state index in [1.54, 1.807) is 19.1 Å². The Morgan fingerprint density at radius 3 is 2.56 bits per heavy atom. The van der Waals surface area contributed by atoms with Crippen molar-refractivity contribution in [2.45, 2.75) is 20.0 Å². The van der Waals surface area contributed by atoms with Gasteiger partial charge in [-0.1, -0.05) is 23.2 Å². The lowest BCUT2D eigenvalue weighted by atomic mass is 10.1. The maximum Gasteiger partial charge on any atom is 0.0932 e. The Morgan fingerprint density at radius 1 is 1.25 bits per heavy atom. The van der Waals surface area contributed by atoms with Crippen LogP contribution in [0.1, 0.15) is 24.3 Å². The second-order valence-electron chi connectivity index (χ2n) is 3.82. The summed E-state index contributed by atoms with van der Waals surface area (Å²) >= 11 is 12.0. The number of halogens is 2. The Hall–Kier alpha value is -0.830. The molecule has 2 aromatic rings. The van der Waals surface area contributed by atoms with E-state index in [9.17, 15) is 5.11 Å². The minimum absolute atomic E-state index is 0.548. The van der Waals surface area contributed by atoms with E-state index in [1.807, 2.05) is 13.0 Å². The summed E-state index contributed by atoms with van der Waals surface area (Å²) in [6.07, 6.45) is -0.596. The minimum Gasteiger partial charge on any atom is -0.387 e. The van der Waals surface area contributed by atoms with Crippen molar-refractivity contribution in [3.05, 3.63) is 39.5 Å². The first-order chi connectivity index (χ1) is 7.49. The molecule has 0 aliphatic rings. The van der Waals surface area contributed by atoms with Gasteiger partial charge in [-0.15, -0.1) is 0 Å². The van der Waals surface area contributed by atoms with Crippen molar-refractivity contribution in [1.82, 2.24) is 4.98 Å². The van der Waals surface area contributed by atoms with Gasteiger partial charge in [-0.05, 0) is 37.6 Å². The Balaban J connectivity index is 2.81. The maximum atomic E-state index is 9.52. The summed E-state index contributed by atoms with van der Waals surface area (Å²) in [7, 11) is 0. The summed E-state index contributed by atoms with van der Waals surface area (Å²) in [6, 6.07) is 5.29. The van der Waals surface area contributed by atoms with Crippen LogP contribution in [0.4, 0.5) is 0 Å². The molecule has 2 rings (SSSR count). The van der Waals surface area contributed by atoms with Crippen LogP contribution in [0, 0.1) is 6.92 Å². The van der Waals surface area contributed by atoms with Gasteiger partial charge in [0.25, 0.3) is 0 Å². The third kappa shape index (κ3) is 2.01. The lowest BCUT2D eigenvalue weighted by Crippen LogP contribution is -1.97. The van der Waals surface area contributed by atoms with E-state index in [-0.39, 0.29) is 0 Å². The van der Waals surface area contributed by atoms with Crippen LogP contribution in [-0.4, -0.2) is 10.1 Å². The highest BCUT2D eigenvalue weighted by molar-refractivity contribution is 6.38. The van der Waals surface area contributed by atoms with Gasteiger partial charge in [0.1, 0.15) is 0 Å². The number of hydrogen-bond acceptors (Lipinski definition) is 2. The summed E-state index contributed by atoms with van der Waals surface area (Å²) in [5.41, 5.74) is 2.33. The van der Waals surface area contributed by atoms with Gasteiger partial charge in [0.2, 0.25) is 0 Å². The summed E-state index contributed by atoms with van der Waals surface area (Å²) in [4.78, 5) is 4.34. The SMILES string of the molecule is Cc1cc(C(C)O)nc2cc(Cl)cc(Cl)c12. The predicted octanol–water partition coefficient (Wildman–Crippen LogP) is 3.90. The second-order valence-corrected chi connectivity index (χ2v) is 4.67. The number of nitrogens with zero attached hydrogens (tertiary/aromatic N) is 1. The normalized spacial score (nSPS) is 13.1. The highest BCUT2D eigenvalue weighted by atomic mass is 35.5. The molecule has 1 atom stereocenters. The summed E-state index contributed by atoms with van der Waals surface area (Å²) in [5, 5.41) is 11.5. The number of aliphatic hydroxyl groups is 1. The van der Waals surface area contributed by atoms with E-state index >= 15 is 0 Å². The molecule has 0 aliphatic carbocycles. The number of rotatable bonds is 1. The summed E-state index contributed by atoms with van der Waals surface area (Å²) < 4.78 is 0. The lowest BCUT2D eigenvalue weighted by Gasteiger charge is -2.10. The van der Waals surface area contributed by atoms with E-state index in [0.717, 1.165) is 10.9 Å². The highest BCUT2D eigenvalue weighted by Crippen LogP contribution is 2.30. The van der Waals surface area contributed by atoms with Crippen molar-refractivity contribution in [2.24, 2.45) is 0 Å². The van der Waals surface area contributed by atoms with Crippen LogP contribution in [0.25, 0.3) is 10.9 Å². The van der Waals surface area contributed by atoms with Crippen LogP contribution in [-0.2, 0) is 0 Å². The molecule has 84 valence electrons. The molecule has 0 spiro atoms. The van der Waals surface area contributed by atoms with Crippen LogP contribution < -0.4 is 0 Å². The Morgan fingerprint density at radius 2 is 1.94 bits per heavy atom. The third-order valence-corrected chi connectivity index (χ3v) is 2.99. The topological polar surface area (TPSA) is 33.1 Å². The first kappa shape index (κ1) is 11.6. The van der Waals surface area contributed by atoms with E-state index in [2.05, 4.69) is 4.98 Å². The van der Waals surface area contributed by atoms with Gasteiger partial charge in [0, 0.05) is 10.4 Å². The van der Waals surface area contributed by atoms with Gasteiger partial charge in [0.05, 0.1) is 22.3 Å². The maximum absolute atomic E-state index is 9.52. The molecule has 2 nitrogen and oxygen atoms in total. The van der Waals surface area contributed by atoms with Crippen LogP contribution in [0.2, 0.25) is 10.0 Å². The van der Waals surface area contributed by atoms with Gasteiger partial charge in [-0.2, -0.15) is 0 Å². The van der Waals surface area contributed by atoms with E-state index in [1.165, 1.54) is 0 Å². The molecule has 1 heterocycles. The molecule has 0 radical (unpaired) electrons. The fraction of sp³-hybridized carbons (Fsp3) is 0.250. The van der Waals surface area contributed by atoms with Gasteiger partial charge < -0.3 is 5.11 Å². The fourth-order valence-corrected chi connectivity index (χ4v) is 2.35. The molecule has 0 amide bonds. The molecule has 16 heavy (non-hydrogen) atoms. The van der Waals surface area contributed by atoms with Crippen LogP contribution in [0.3, 0.4) is 0 Å². The zero-order valence-electron chi connectivity index (χ0n) is 8.96. The average Bonchev–Trinajstić information content (AvgIpc) is 2.15. The summed E-state index contributed by atoms with van der Waals surface area (Å²) in [6.45, 7) is 3.62. The molecule has 0 fully saturated rings. The first-order valence-corrected chi connectivity index (χ1v) is 5.69. The van der Waals surface area contributed by atoms with Crippen LogP contribution >= 0.6 is 23.2 Å². The number of aryl methyl sites for hydroxylation is 1. The van der Waals surface area contributed by atoms with Crippen molar-refractivity contribution < 1.29 is 5.11 Å². The molecule has 1 aromatic carbocycles. The van der Waals surface area contributed by atoms with Crippen LogP contribution in [0.15, 0.2) is 18.2 Å². The number of aromatic nitrogens is 1. The molecular formula is C12H11Cl2NO. The number of hydrogen-bond donors (Lipinski definition) is 1. The molecule has 0 saturated carbocycles. The number of aliphatic hydroxyl groups excluding tert-OH is 1. The predicted molar refractivity (Wildman–Crippen MR) is 67.1 cm³/mol. The number of fused-ring (bicyclic) bond motifs is 1. The molecule has 1 aromatic heterocycles. The van der Waals surface area contributed by atoms with Crippen molar-refractivity contribution in [3.63, 3.8) is 0 Å². The molecule has 0 aliphatic heterocycles. The van der Waals surface area contributed by atoms with Gasteiger partial charge in [-0.25, -0.2) is 4.98 Å². The van der Waals surface area contributed by atoms with E-state index in [0.29, 0.717) is 21.3 Å². The number of benzene rings is 1. The van der Waals surface area contributed by atoms with Crippen LogP contribution in [0.5, 0.6) is 0 Å².